The van der Waals surface area contributed by atoms with Crippen molar-refractivity contribution in [3.63, 3.8) is 0 Å². The Morgan fingerprint density at radius 3 is 1.29 bits per heavy atom. The van der Waals surface area contributed by atoms with Crippen LogP contribution < -0.4 is 0 Å². The van der Waals surface area contributed by atoms with Gasteiger partial charge in [0.2, 0.25) is 0 Å². The second-order valence-corrected chi connectivity index (χ2v) is 54.7. The summed E-state index contributed by atoms with van der Waals surface area (Å²) in [5.41, 5.74) is 1.51. The standard InChI is InChI=1S/C8H13.2C6H18NSi2.BrH.Sn/c1-4-5-8-6(2)7(8)3;2*1-8(2,3)7-9(4,5)6;;/h7-8H,1-2,4-5H2,3H3;2*1-6H3;1H;/q;2*-1;;+3/p-1/t7-,8-;;;;/m0..../s1. The Hall–Kier alpha value is 1.81. The fourth-order valence-electron chi connectivity index (χ4n) is 5.92. The molecule has 1 fully saturated rings. The van der Waals surface area contributed by atoms with Gasteiger partial charge >= 0.3 is 194 Å². The summed E-state index contributed by atoms with van der Waals surface area (Å²) < 4.78 is 7.96. The molecule has 0 spiro atoms. The maximum absolute atomic E-state index is 4.74. The number of allylic oxidation sites excluding steroid dienone is 1. The van der Waals surface area contributed by atoms with Gasteiger partial charge in [0.1, 0.15) is 0 Å². The van der Waals surface area contributed by atoms with Gasteiger partial charge in [0.15, 0.2) is 0 Å². The summed E-state index contributed by atoms with van der Waals surface area (Å²) in [7, 11) is -5.76. The molecule has 0 heterocycles. The van der Waals surface area contributed by atoms with E-state index in [0.717, 1.165) is 11.8 Å². The van der Waals surface area contributed by atoms with Gasteiger partial charge < -0.3 is 0 Å². The van der Waals surface area contributed by atoms with Gasteiger partial charge in [0, 0.05) is 0 Å². The van der Waals surface area contributed by atoms with Crippen LogP contribution in [0.1, 0.15) is 19.8 Å². The Balaban J connectivity index is 3.44. The molecule has 1 aliphatic rings. The predicted octanol–water partition coefficient (Wildman–Crippen LogP) is 7.87. The van der Waals surface area contributed by atoms with Crippen molar-refractivity contribution in [2.75, 3.05) is 0 Å². The first-order valence-electron chi connectivity index (χ1n) is 11.1. The maximum atomic E-state index is 4.74. The van der Waals surface area contributed by atoms with Crippen LogP contribution in [0.2, 0.25) is 83.0 Å². The van der Waals surface area contributed by atoms with Crippen molar-refractivity contribution >= 4 is 62.3 Å². The van der Waals surface area contributed by atoms with E-state index < -0.39 is 49.6 Å². The molecule has 166 valence electrons. The molecule has 0 aromatic heterocycles. The number of halogens is 1. The van der Waals surface area contributed by atoms with E-state index in [1.165, 1.54) is 22.9 Å². The van der Waals surface area contributed by atoms with Gasteiger partial charge in [-0.25, -0.2) is 0 Å². The first kappa shape index (κ1) is 27.8. The number of rotatable bonds is 10. The summed E-state index contributed by atoms with van der Waals surface area (Å²) in [5, 5.41) is 0. The average molecular weight is 629 g/mol. The van der Waals surface area contributed by atoms with Crippen LogP contribution >= 0.6 is 12.7 Å². The van der Waals surface area contributed by atoms with Crippen LogP contribution in [0.25, 0.3) is 0 Å². The summed E-state index contributed by atoms with van der Waals surface area (Å²) in [4.78, 5) is 0. The van der Waals surface area contributed by atoms with Crippen molar-refractivity contribution in [1.29, 1.82) is 0 Å². The summed E-state index contributed by atoms with van der Waals surface area (Å²) in [6.45, 7) is 37.9. The third-order valence-electron chi connectivity index (χ3n) is 5.93. The van der Waals surface area contributed by atoms with Crippen molar-refractivity contribution < 1.29 is 0 Å². The van der Waals surface area contributed by atoms with Gasteiger partial charge in [-0.05, 0) is 0 Å². The first-order valence-corrected chi connectivity index (χ1v) is 35.9. The van der Waals surface area contributed by atoms with Crippen LogP contribution in [0.4, 0.5) is 0 Å². The summed E-state index contributed by atoms with van der Waals surface area (Å²) in [5.74, 6) is 1.58. The van der Waals surface area contributed by atoms with Gasteiger partial charge in [-0.1, -0.05) is 0 Å². The Kier molecular flexibility index (Phi) is 8.93. The molecule has 2 nitrogen and oxygen atoms in total. The fraction of sp³-hybridized carbons (Fsp3) is 0.900. The zero-order valence-electron chi connectivity index (χ0n) is 21.3. The Bertz CT molecular complexity index is 513. The molecule has 0 unspecified atom stereocenters. The van der Waals surface area contributed by atoms with Crippen LogP contribution in [0.15, 0.2) is 12.2 Å². The third kappa shape index (κ3) is 6.65. The van der Waals surface area contributed by atoms with Crippen molar-refractivity contribution in [1.82, 2.24) is 4.91 Å². The molecule has 1 saturated carbocycles. The molecule has 8 heteroatoms. The second-order valence-electron chi connectivity index (χ2n) is 12.9. The molecule has 28 heavy (non-hydrogen) atoms. The molecular formula is C20H49BrN2Si4Sn. The van der Waals surface area contributed by atoms with E-state index in [9.17, 15) is 0 Å². The van der Waals surface area contributed by atoms with Gasteiger partial charge in [-0.3, -0.25) is 0 Å². The van der Waals surface area contributed by atoms with Crippen LogP contribution in [-0.2, 0) is 0 Å². The minimum atomic E-state index is -2.93. The second kappa shape index (κ2) is 8.98. The van der Waals surface area contributed by atoms with Gasteiger partial charge in [0.25, 0.3) is 0 Å². The zero-order chi connectivity index (χ0) is 22.5. The Labute approximate surface area is 192 Å². The third-order valence-corrected chi connectivity index (χ3v) is 75.2. The summed E-state index contributed by atoms with van der Waals surface area (Å²) in [6, 6.07) is 0. The van der Waals surface area contributed by atoms with E-state index in [0.29, 0.717) is 0 Å². The molecule has 0 aromatic rings. The monoisotopic (exact) mass is 628 g/mol. The molecule has 0 bridgehead atoms. The van der Waals surface area contributed by atoms with E-state index in [2.05, 4.69) is 97.0 Å². The molecule has 0 aromatic carbocycles. The van der Waals surface area contributed by atoms with Crippen LogP contribution in [0, 0.1) is 11.8 Å². The normalized spacial score (nSPS) is 22.4. The molecule has 2 atom stereocenters. The average Bonchev–Trinajstić information content (AvgIpc) is 2.88. The number of hydrogen-bond acceptors (Lipinski definition) is 2. The van der Waals surface area contributed by atoms with Crippen molar-refractivity contribution in [2.45, 2.75) is 103 Å². The molecule has 1 rings (SSSR count). The quantitative estimate of drug-likeness (QED) is 0.180. The SMILES string of the molecule is C=C1[C@H](C)[C@H]1CC[CH2][Sn]([Br])([N]([Si](C)(C)C)[Si](C)(C)C)[N]([Si](C)(C)C)[Si](C)(C)C. The van der Waals surface area contributed by atoms with Crippen molar-refractivity contribution in [3.05, 3.63) is 12.2 Å². The molecule has 1 aliphatic carbocycles. The van der Waals surface area contributed by atoms with E-state index in [4.69, 9.17) is 12.7 Å². The molecular weight excluding hydrogens is 579 g/mol. The van der Waals surface area contributed by atoms with E-state index in [-0.39, 0.29) is 0 Å². The first-order chi connectivity index (χ1) is 12.1. The van der Waals surface area contributed by atoms with Crippen molar-refractivity contribution in [3.8, 4) is 0 Å². The minimum absolute atomic E-state index is 0.773. The Morgan fingerprint density at radius 2 is 1.07 bits per heavy atom. The van der Waals surface area contributed by atoms with E-state index >= 15 is 0 Å². The van der Waals surface area contributed by atoms with E-state index in [1.807, 2.05) is 0 Å². The molecule has 0 N–H and O–H groups in total. The number of nitrogens with zero attached hydrogens (tertiary/aromatic N) is 2. The van der Waals surface area contributed by atoms with Gasteiger partial charge in [-0.2, -0.15) is 0 Å². The van der Waals surface area contributed by atoms with Crippen LogP contribution in [0.3, 0.4) is 0 Å². The molecule has 0 aliphatic heterocycles. The Morgan fingerprint density at radius 1 is 0.786 bits per heavy atom. The zero-order valence-corrected chi connectivity index (χ0v) is 29.7. The molecule has 0 saturated heterocycles. The van der Waals surface area contributed by atoms with Gasteiger partial charge in [0.05, 0.1) is 0 Å². The summed E-state index contributed by atoms with van der Waals surface area (Å²) >= 11 is 1.81. The van der Waals surface area contributed by atoms with Gasteiger partial charge in [-0.15, -0.1) is 0 Å². The number of hydrogen-bond donors (Lipinski definition) is 0. The fourth-order valence-corrected chi connectivity index (χ4v) is 118. The van der Waals surface area contributed by atoms with Crippen LogP contribution in [-0.4, -0.2) is 54.5 Å². The predicted molar refractivity (Wildman–Crippen MR) is 148 cm³/mol. The van der Waals surface area contributed by atoms with Crippen LogP contribution in [0.5, 0.6) is 0 Å². The molecule has 0 radical (unpaired) electrons. The van der Waals surface area contributed by atoms with Crippen molar-refractivity contribution in [2.24, 2.45) is 11.8 Å². The van der Waals surface area contributed by atoms with E-state index in [1.54, 1.807) is 0 Å². The summed E-state index contributed by atoms with van der Waals surface area (Å²) in [6.07, 6.45) is 2.74. The molecule has 0 amide bonds. The topological polar surface area (TPSA) is 6.48 Å².